The summed E-state index contributed by atoms with van der Waals surface area (Å²) in [4.78, 5) is 13.9. The van der Waals surface area contributed by atoms with Crippen LogP contribution < -0.4 is 5.73 Å². The number of aryl methyl sites for hydroxylation is 2. The van der Waals surface area contributed by atoms with E-state index >= 15 is 0 Å². The molecule has 2 N–H and O–H groups in total. The zero-order chi connectivity index (χ0) is 17.6. The molecule has 0 saturated heterocycles. The fraction of sp³-hybridized carbons (Fsp3) is 0.444. The lowest BCUT2D eigenvalue weighted by atomic mass is 10.1. The standard InChI is InChI=1S/C18H24N4O2/c1-11-7-6-8-12(2)15(11)22-16(19)13-9-21(10-14(13)20-22)17(23)24-18(3,4)5/h6-8H,9-10,19H2,1-5H3. The first kappa shape index (κ1) is 16.4. The van der Waals surface area contributed by atoms with E-state index in [9.17, 15) is 4.79 Å². The molecule has 0 aliphatic carbocycles. The summed E-state index contributed by atoms with van der Waals surface area (Å²) >= 11 is 0. The number of hydrogen-bond acceptors (Lipinski definition) is 4. The van der Waals surface area contributed by atoms with Gasteiger partial charge in [-0.15, -0.1) is 0 Å². The molecular weight excluding hydrogens is 304 g/mol. The van der Waals surface area contributed by atoms with Crippen LogP contribution in [0, 0.1) is 13.8 Å². The van der Waals surface area contributed by atoms with Crippen LogP contribution in [0.15, 0.2) is 18.2 Å². The SMILES string of the molecule is Cc1cccc(C)c1-n1nc2c(c1N)CN(C(=O)OC(C)(C)C)C2. The molecule has 128 valence electrons. The van der Waals surface area contributed by atoms with E-state index in [2.05, 4.69) is 5.10 Å². The molecule has 0 radical (unpaired) electrons. The Morgan fingerprint density at radius 2 is 1.83 bits per heavy atom. The summed E-state index contributed by atoms with van der Waals surface area (Å²) in [6.45, 7) is 10.5. The highest BCUT2D eigenvalue weighted by atomic mass is 16.6. The molecule has 0 atom stereocenters. The maximum atomic E-state index is 12.2. The Bertz CT molecular complexity index is 782. The first-order valence-corrected chi connectivity index (χ1v) is 8.08. The molecule has 0 saturated carbocycles. The second-order valence-electron chi connectivity index (χ2n) is 7.30. The van der Waals surface area contributed by atoms with Crippen molar-refractivity contribution in [3.05, 3.63) is 40.6 Å². The van der Waals surface area contributed by atoms with E-state index in [0.717, 1.165) is 28.1 Å². The molecule has 1 aromatic carbocycles. The first-order chi connectivity index (χ1) is 11.2. The number of carbonyl (C=O) groups excluding carboxylic acids is 1. The van der Waals surface area contributed by atoms with Crippen LogP contribution in [0.1, 0.15) is 43.2 Å². The smallest absolute Gasteiger partial charge is 0.410 e. The third-order valence-electron chi connectivity index (χ3n) is 4.10. The van der Waals surface area contributed by atoms with Gasteiger partial charge in [0.05, 0.1) is 24.5 Å². The van der Waals surface area contributed by atoms with Crippen LogP contribution in [0.2, 0.25) is 0 Å². The third kappa shape index (κ3) is 2.84. The zero-order valence-electron chi connectivity index (χ0n) is 14.9. The summed E-state index contributed by atoms with van der Waals surface area (Å²) in [5.74, 6) is 0.591. The van der Waals surface area contributed by atoms with Gasteiger partial charge in [0.1, 0.15) is 11.4 Å². The van der Waals surface area contributed by atoms with Crippen molar-refractivity contribution in [3.8, 4) is 5.69 Å². The minimum atomic E-state index is -0.513. The number of fused-ring (bicyclic) bond motifs is 1. The molecule has 6 nitrogen and oxygen atoms in total. The van der Waals surface area contributed by atoms with Gasteiger partial charge in [-0.3, -0.25) is 4.90 Å². The zero-order valence-corrected chi connectivity index (χ0v) is 14.9. The summed E-state index contributed by atoms with van der Waals surface area (Å²) in [7, 11) is 0. The van der Waals surface area contributed by atoms with Crippen molar-refractivity contribution in [2.45, 2.75) is 53.3 Å². The second-order valence-corrected chi connectivity index (χ2v) is 7.30. The van der Waals surface area contributed by atoms with Gasteiger partial charge < -0.3 is 10.5 Å². The quantitative estimate of drug-likeness (QED) is 0.871. The minimum absolute atomic E-state index is 0.335. The molecule has 2 heterocycles. The number of benzene rings is 1. The molecule has 1 aliphatic heterocycles. The Kier molecular flexibility index (Phi) is 3.78. The van der Waals surface area contributed by atoms with E-state index in [-0.39, 0.29) is 6.09 Å². The van der Waals surface area contributed by atoms with Gasteiger partial charge in [0.2, 0.25) is 0 Å². The van der Waals surface area contributed by atoms with E-state index in [4.69, 9.17) is 10.5 Å². The highest BCUT2D eigenvalue weighted by Crippen LogP contribution is 2.32. The average molecular weight is 328 g/mol. The molecule has 6 heteroatoms. The van der Waals surface area contributed by atoms with Crippen LogP contribution in [-0.2, 0) is 17.8 Å². The van der Waals surface area contributed by atoms with E-state index in [1.165, 1.54) is 0 Å². The van der Waals surface area contributed by atoms with E-state index in [0.29, 0.717) is 18.9 Å². The maximum absolute atomic E-state index is 12.2. The Morgan fingerprint density at radius 1 is 1.21 bits per heavy atom. The van der Waals surface area contributed by atoms with Crippen LogP contribution in [0.25, 0.3) is 5.69 Å². The number of nitrogens with zero attached hydrogens (tertiary/aromatic N) is 3. The monoisotopic (exact) mass is 328 g/mol. The van der Waals surface area contributed by atoms with Crippen molar-refractivity contribution in [2.75, 3.05) is 5.73 Å². The molecule has 0 bridgehead atoms. The van der Waals surface area contributed by atoms with Gasteiger partial charge in [-0.2, -0.15) is 5.10 Å². The number of nitrogens with two attached hydrogens (primary N) is 1. The summed E-state index contributed by atoms with van der Waals surface area (Å²) < 4.78 is 7.22. The summed E-state index contributed by atoms with van der Waals surface area (Å²) in [6, 6.07) is 6.11. The van der Waals surface area contributed by atoms with Crippen molar-refractivity contribution in [3.63, 3.8) is 0 Å². The molecule has 1 aliphatic rings. The number of amides is 1. The Hall–Kier alpha value is -2.50. The molecular formula is C18H24N4O2. The van der Waals surface area contributed by atoms with E-state index in [1.54, 1.807) is 9.58 Å². The van der Waals surface area contributed by atoms with Crippen molar-refractivity contribution >= 4 is 11.9 Å². The van der Waals surface area contributed by atoms with Gasteiger partial charge in [0.25, 0.3) is 0 Å². The highest BCUT2D eigenvalue weighted by molar-refractivity contribution is 5.70. The highest BCUT2D eigenvalue weighted by Gasteiger charge is 2.32. The second kappa shape index (κ2) is 5.54. The van der Waals surface area contributed by atoms with Crippen LogP contribution >= 0.6 is 0 Å². The van der Waals surface area contributed by atoms with Crippen molar-refractivity contribution < 1.29 is 9.53 Å². The third-order valence-corrected chi connectivity index (χ3v) is 4.10. The Labute approximate surface area is 142 Å². The molecule has 2 aromatic rings. The first-order valence-electron chi connectivity index (χ1n) is 8.08. The summed E-state index contributed by atoms with van der Waals surface area (Å²) in [6.07, 6.45) is -0.335. The molecule has 1 amide bonds. The normalized spacial score (nSPS) is 14.0. The molecule has 0 fully saturated rings. The van der Waals surface area contributed by atoms with Gasteiger partial charge >= 0.3 is 6.09 Å². The topological polar surface area (TPSA) is 73.4 Å². The minimum Gasteiger partial charge on any atom is -0.444 e. The van der Waals surface area contributed by atoms with Crippen molar-refractivity contribution in [1.29, 1.82) is 0 Å². The number of nitrogen functional groups attached to an aromatic ring is 1. The predicted molar refractivity (Wildman–Crippen MR) is 92.9 cm³/mol. The lowest BCUT2D eigenvalue weighted by molar-refractivity contribution is 0.0239. The largest absolute Gasteiger partial charge is 0.444 e. The molecule has 0 spiro atoms. The summed E-state index contributed by atoms with van der Waals surface area (Å²) in [5.41, 5.74) is 10.8. The lowest BCUT2D eigenvalue weighted by Crippen LogP contribution is -2.33. The molecule has 1 aromatic heterocycles. The lowest BCUT2D eigenvalue weighted by Gasteiger charge is -2.24. The van der Waals surface area contributed by atoms with Gasteiger partial charge in [0.15, 0.2) is 0 Å². The van der Waals surface area contributed by atoms with Gasteiger partial charge in [-0.25, -0.2) is 9.48 Å². The van der Waals surface area contributed by atoms with E-state index in [1.807, 2.05) is 52.8 Å². The van der Waals surface area contributed by atoms with Crippen LogP contribution in [0.3, 0.4) is 0 Å². The van der Waals surface area contributed by atoms with Crippen LogP contribution in [0.4, 0.5) is 10.6 Å². The maximum Gasteiger partial charge on any atom is 0.410 e. The van der Waals surface area contributed by atoms with Crippen LogP contribution in [0.5, 0.6) is 0 Å². The molecule has 24 heavy (non-hydrogen) atoms. The summed E-state index contributed by atoms with van der Waals surface area (Å²) in [5, 5.41) is 4.65. The number of carbonyl (C=O) groups is 1. The predicted octanol–water partition coefficient (Wildman–Crippen LogP) is 3.32. The number of hydrogen-bond donors (Lipinski definition) is 1. The average Bonchev–Trinajstić information content (AvgIpc) is 2.98. The number of ether oxygens (including phenoxy) is 1. The number of rotatable bonds is 1. The molecule has 0 unspecified atom stereocenters. The van der Waals surface area contributed by atoms with Crippen molar-refractivity contribution in [1.82, 2.24) is 14.7 Å². The Balaban J connectivity index is 1.88. The number of aromatic nitrogens is 2. The fourth-order valence-corrected chi connectivity index (χ4v) is 3.00. The van der Waals surface area contributed by atoms with E-state index < -0.39 is 5.60 Å². The number of para-hydroxylation sites is 1. The Morgan fingerprint density at radius 3 is 2.38 bits per heavy atom. The number of anilines is 1. The van der Waals surface area contributed by atoms with Gasteiger partial charge in [-0.1, -0.05) is 18.2 Å². The van der Waals surface area contributed by atoms with Crippen molar-refractivity contribution in [2.24, 2.45) is 0 Å². The fourth-order valence-electron chi connectivity index (χ4n) is 3.00. The van der Waals surface area contributed by atoms with Crippen LogP contribution in [-0.4, -0.2) is 26.4 Å². The van der Waals surface area contributed by atoms with Gasteiger partial charge in [0, 0.05) is 5.56 Å². The van der Waals surface area contributed by atoms with Gasteiger partial charge in [-0.05, 0) is 45.7 Å². The molecule has 3 rings (SSSR count).